The van der Waals surface area contributed by atoms with Crippen LogP contribution in [0, 0.1) is 0 Å². The summed E-state index contributed by atoms with van der Waals surface area (Å²) in [7, 11) is -3.07. The Labute approximate surface area is 153 Å². The molecule has 1 amide bonds. The van der Waals surface area contributed by atoms with Crippen LogP contribution in [-0.2, 0) is 21.1 Å². The summed E-state index contributed by atoms with van der Waals surface area (Å²) < 4.78 is 26.2. The van der Waals surface area contributed by atoms with E-state index in [1.807, 2.05) is 41.9 Å². The molecule has 7 nitrogen and oxygen atoms in total. The maximum atomic E-state index is 12.8. The van der Waals surface area contributed by atoms with Crippen molar-refractivity contribution in [3.8, 4) is 0 Å². The van der Waals surface area contributed by atoms with Gasteiger partial charge >= 0.3 is 0 Å². The topological polar surface area (TPSA) is 75.0 Å². The van der Waals surface area contributed by atoms with Crippen LogP contribution in [0.5, 0.6) is 0 Å². The largest absolute Gasteiger partial charge is 0.336 e. The lowest BCUT2D eigenvalue weighted by molar-refractivity contribution is -0.136. The second-order valence-corrected chi connectivity index (χ2v) is 9.28. The molecule has 0 radical (unpaired) electrons. The summed E-state index contributed by atoms with van der Waals surface area (Å²) in [5.41, 5.74) is 1.75. The van der Waals surface area contributed by atoms with Crippen molar-refractivity contribution in [2.75, 3.05) is 31.1 Å². The van der Waals surface area contributed by atoms with Crippen LogP contribution in [0.15, 0.2) is 30.6 Å². The number of hydrogen-bond donors (Lipinski definition) is 0. The number of aryl methyl sites for hydroxylation is 1. The van der Waals surface area contributed by atoms with E-state index in [1.165, 1.54) is 0 Å². The predicted molar refractivity (Wildman–Crippen MR) is 98.7 cm³/mol. The van der Waals surface area contributed by atoms with Crippen molar-refractivity contribution in [2.45, 2.75) is 31.8 Å². The normalized spacial score (nSPS) is 25.5. The first kappa shape index (κ1) is 17.5. The molecule has 8 heteroatoms. The maximum Gasteiger partial charge on any atom is 0.223 e. The molecule has 2 atom stereocenters. The van der Waals surface area contributed by atoms with Gasteiger partial charge in [-0.2, -0.15) is 0 Å². The van der Waals surface area contributed by atoms with Gasteiger partial charge in [0.15, 0.2) is 9.84 Å². The van der Waals surface area contributed by atoms with E-state index < -0.39 is 9.84 Å². The van der Waals surface area contributed by atoms with Crippen LogP contribution in [-0.4, -0.2) is 76.7 Å². The Balaban J connectivity index is 1.45. The van der Waals surface area contributed by atoms with Gasteiger partial charge in [0.1, 0.15) is 5.65 Å². The second kappa shape index (κ2) is 6.66. The van der Waals surface area contributed by atoms with Crippen molar-refractivity contribution < 1.29 is 13.2 Å². The van der Waals surface area contributed by atoms with E-state index in [-0.39, 0.29) is 29.5 Å². The Bertz CT molecular complexity index is 890. The molecule has 140 valence electrons. The fourth-order valence-corrected chi connectivity index (χ4v) is 6.23. The monoisotopic (exact) mass is 376 g/mol. The summed E-state index contributed by atoms with van der Waals surface area (Å²) in [6.45, 7) is 4.21. The third kappa shape index (κ3) is 3.23. The lowest BCUT2D eigenvalue weighted by Gasteiger charge is -2.43. The molecule has 0 spiro atoms. The highest BCUT2D eigenvalue weighted by Gasteiger charge is 2.47. The number of likely N-dealkylation sites (N-methyl/N-ethyl adjacent to an activating group) is 1. The Morgan fingerprint density at radius 1 is 1.23 bits per heavy atom. The molecular weight excluding hydrogens is 352 g/mol. The zero-order valence-electron chi connectivity index (χ0n) is 14.9. The number of aromatic nitrogens is 2. The zero-order chi connectivity index (χ0) is 18.3. The summed E-state index contributed by atoms with van der Waals surface area (Å²) in [6, 6.07) is 5.55. The molecule has 2 aliphatic heterocycles. The molecule has 26 heavy (non-hydrogen) atoms. The average Bonchev–Trinajstić information content (AvgIpc) is 3.17. The highest BCUT2D eigenvalue weighted by molar-refractivity contribution is 7.91. The number of rotatable bonds is 4. The number of pyridine rings is 1. The van der Waals surface area contributed by atoms with Crippen molar-refractivity contribution >= 4 is 21.4 Å². The Kier molecular flexibility index (Phi) is 4.48. The molecular formula is C18H24N4O3S. The lowest BCUT2D eigenvalue weighted by atomic mass is 10.0. The van der Waals surface area contributed by atoms with E-state index in [2.05, 4.69) is 9.88 Å². The maximum absolute atomic E-state index is 12.8. The van der Waals surface area contributed by atoms with Crippen molar-refractivity contribution in [3.63, 3.8) is 0 Å². The molecule has 4 rings (SSSR count). The smallest absolute Gasteiger partial charge is 0.223 e. The number of fused-ring (bicyclic) bond motifs is 2. The van der Waals surface area contributed by atoms with Crippen molar-refractivity contribution in [1.29, 1.82) is 0 Å². The van der Waals surface area contributed by atoms with Gasteiger partial charge in [-0.25, -0.2) is 13.4 Å². The summed E-state index contributed by atoms with van der Waals surface area (Å²) in [6.07, 6.45) is 4.81. The first-order valence-electron chi connectivity index (χ1n) is 9.13. The summed E-state index contributed by atoms with van der Waals surface area (Å²) in [5, 5.41) is 0. The third-order valence-corrected chi connectivity index (χ3v) is 7.23. The van der Waals surface area contributed by atoms with E-state index in [0.717, 1.165) is 24.4 Å². The minimum Gasteiger partial charge on any atom is -0.336 e. The van der Waals surface area contributed by atoms with Gasteiger partial charge in [-0.3, -0.25) is 9.69 Å². The zero-order valence-corrected chi connectivity index (χ0v) is 15.7. The summed E-state index contributed by atoms with van der Waals surface area (Å²) in [4.78, 5) is 21.3. The standard InChI is InChI=1S/C18H24N4O3S/c1-2-20-9-10-22(16-13-26(24,25)12-15(16)20)18(23)7-6-14-11-21-8-4-3-5-17(21)19-14/h3-5,8,11,15-16H,2,6-7,9-10,12-13H2,1H3/t15-,16+/m1/s1. The first-order valence-corrected chi connectivity index (χ1v) is 11.0. The Hall–Kier alpha value is -1.93. The number of carbonyl (C=O) groups is 1. The van der Waals surface area contributed by atoms with Crippen LogP contribution in [0.4, 0.5) is 0 Å². The third-order valence-electron chi connectivity index (χ3n) is 5.53. The van der Waals surface area contributed by atoms with Crippen LogP contribution >= 0.6 is 0 Å². The minimum atomic E-state index is -3.07. The number of imidazole rings is 1. The van der Waals surface area contributed by atoms with E-state index >= 15 is 0 Å². The molecule has 0 aromatic carbocycles. The van der Waals surface area contributed by atoms with E-state index in [4.69, 9.17) is 0 Å². The predicted octanol–water partition coefficient (Wildman–Crippen LogP) is 0.597. The van der Waals surface area contributed by atoms with E-state index in [1.54, 1.807) is 4.90 Å². The van der Waals surface area contributed by atoms with Crippen molar-refractivity contribution in [3.05, 3.63) is 36.3 Å². The molecule has 0 saturated carbocycles. The number of nitrogens with zero attached hydrogens (tertiary/aromatic N) is 4. The van der Waals surface area contributed by atoms with E-state index in [0.29, 0.717) is 19.4 Å². The molecule has 2 fully saturated rings. The number of carbonyl (C=O) groups excluding carboxylic acids is 1. The number of amides is 1. The molecule has 4 heterocycles. The minimum absolute atomic E-state index is 0.0323. The highest BCUT2D eigenvalue weighted by atomic mass is 32.2. The van der Waals surface area contributed by atoms with Gasteiger partial charge in [0.05, 0.1) is 23.2 Å². The quantitative estimate of drug-likeness (QED) is 0.781. The fourth-order valence-electron chi connectivity index (χ4n) is 4.21. The van der Waals surface area contributed by atoms with Crippen LogP contribution < -0.4 is 0 Å². The SMILES string of the molecule is CCN1CCN(C(=O)CCc2cn3ccccc3n2)[C@H]2CS(=O)(=O)C[C@H]21. The van der Waals surface area contributed by atoms with Gasteiger partial charge in [-0.05, 0) is 25.1 Å². The molecule has 2 aromatic heterocycles. The number of hydrogen-bond acceptors (Lipinski definition) is 5. The van der Waals surface area contributed by atoms with Crippen LogP contribution in [0.3, 0.4) is 0 Å². The molecule has 2 aliphatic rings. The Morgan fingerprint density at radius 3 is 2.81 bits per heavy atom. The van der Waals surface area contributed by atoms with Gasteiger partial charge in [0.2, 0.25) is 5.91 Å². The molecule has 0 bridgehead atoms. The summed E-state index contributed by atoms with van der Waals surface area (Å²) >= 11 is 0. The Morgan fingerprint density at radius 2 is 2.04 bits per heavy atom. The van der Waals surface area contributed by atoms with Gasteiger partial charge in [-0.15, -0.1) is 0 Å². The molecule has 2 aromatic rings. The second-order valence-electron chi connectivity index (χ2n) is 7.13. The molecule has 0 aliphatic carbocycles. The molecule has 0 N–H and O–H groups in total. The van der Waals surface area contributed by atoms with Gasteiger partial charge < -0.3 is 9.30 Å². The van der Waals surface area contributed by atoms with Crippen molar-refractivity contribution in [1.82, 2.24) is 19.2 Å². The van der Waals surface area contributed by atoms with Crippen LogP contribution in [0.2, 0.25) is 0 Å². The first-order chi connectivity index (χ1) is 12.5. The molecule has 0 unspecified atom stereocenters. The van der Waals surface area contributed by atoms with Gasteiger partial charge in [0.25, 0.3) is 0 Å². The summed E-state index contributed by atoms with van der Waals surface area (Å²) in [5.74, 6) is 0.292. The highest BCUT2D eigenvalue weighted by Crippen LogP contribution is 2.27. The van der Waals surface area contributed by atoms with Gasteiger partial charge in [-0.1, -0.05) is 13.0 Å². The van der Waals surface area contributed by atoms with Crippen molar-refractivity contribution in [2.24, 2.45) is 0 Å². The van der Waals surface area contributed by atoms with Crippen LogP contribution in [0.25, 0.3) is 5.65 Å². The average molecular weight is 376 g/mol. The van der Waals surface area contributed by atoms with E-state index in [9.17, 15) is 13.2 Å². The van der Waals surface area contributed by atoms with Crippen LogP contribution in [0.1, 0.15) is 19.0 Å². The number of piperazine rings is 1. The number of sulfone groups is 1. The van der Waals surface area contributed by atoms with Gasteiger partial charge in [0, 0.05) is 37.9 Å². The lowest BCUT2D eigenvalue weighted by Crippen LogP contribution is -2.60. The fraction of sp³-hybridized carbons (Fsp3) is 0.556. The molecule has 2 saturated heterocycles.